The molecule has 0 spiro atoms. The van der Waals surface area contributed by atoms with E-state index in [9.17, 15) is 0 Å². The zero-order valence-corrected chi connectivity index (χ0v) is 6.62. The minimum absolute atomic E-state index is 0.850. The quantitative estimate of drug-likeness (QED) is 0.336. The summed E-state index contributed by atoms with van der Waals surface area (Å²) in [4.78, 5) is 0. The summed E-state index contributed by atoms with van der Waals surface area (Å²) in [6, 6.07) is 0. The van der Waals surface area contributed by atoms with Crippen LogP contribution < -0.4 is 0 Å². The third-order valence-corrected chi connectivity index (χ3v) is 1.37. The predicted octanol–water partition coefficient (Wildman–Crippen LogP) is 2.39. The molecule has 0 aromatic rings. The van der Waals surface area contributed by atoms with Crippen molar-refractivity contribution in [3.63, 3.8) is 0 Å². The third kappa shape index (κ3) is 6.41. The molecule has 8 heavy (non-hydrogen) atoms. The number of hydrogen-bond donors (Lipinski definition) is 1. The summed E-state index contributed by atoms with van der Waals surface area (Å²) in [5.74, 6) is 0.850. The van der Waals surface area contributed by atoms with Crippen molar-refractivity contribution in [3.05, 3.63) is 0 Å². The van der Waals surface area contributed by atoms with Gasteiger partial charge in [-0.3, -0.25) is 0 Å². The lowest BCUT2D eigenvalue weighted by Gasteiger charge is -2.00. The SMILES string of the molecule is CC(C)CCC[B]S. The Morgan fingerprint density at radius 2 is 2.12 bits per heavy atom. The highest BCUT2D eigenvalue weighted by Gasteiger charge is 1.91. The number of hydrogen-bond acceptors (Lipinski definition) is 1. The molecule has 0 saturated carbocycles. The molecule has 0 aromatic heterocycles. The monoisotopic (exact) mass is 129 g/mol. The third-order valence-electron chi connectivity index (χ3n) is 1.11. The van der Waals surface area contributed by atoms with Gasteiger partial charge in [0.25, 0.3) is 0 Å². The summed E-state index contributed by atoms with van der Waals surface area (Å²) in [7, 11) is 0. The maximum absolute atomic E-state index is 4.00. The summed E-state index contributed by atoms with van der Waals surface area (Å²) >= 11 is 4.00. The Kier molecular flexibility index (Phi) is 5.84. The van der Waals surface area contributed by atoms with Crippen LogP contribution in [0.2, 0.25) is 6.32 Å². The van der Waals surface area contributed by atoms with Gasteiger partial charge in [0.2, 0.25) is 0 Å². The van der Waals surface area contributed by atoms with Gasteiger partial charge in [-0.1, -0.05) is 33.0 Å². The van der Waals surface area contributed by atoms with Crippen LogP contribution in [0.3, 0.4) is 0 Å². The van der Waals surface area contributed by atoms with Crippen molar-refractivity contribution in [3.8, 4) is 0 Å². The van der Waals surface area contributed by atoms with Gasteiger partial charge >= 0.3 is 0 Å². The van der Waals surface area contributed by atoms with E-state index in [0.717, 1.165) is 12.2 Å². The molecular formula is C6H14BS. The minimum Gasteiger partial charge on any atom is -0.235 e. The molecule has 0 aromatic carbocycles. The lowest BCUT2D eigenvalue weighted by Crippen LogP contribution is -1.87. The molecule has 0 aliphatic rings. The maximum Gasteiger partial charge on any atom is 0.187 e. The van der Waals surface area contributed by atoms with Gasteiger partial charge in [-0.15, -0.1) is 0 Å². The van der Waals surface area contributed by atoms with Crippen molar-refractivity contribution in [2.45, 2.75) is 33.0 Å². The maximum atomic E-state index is 4.00. The Morgan fingerprint density at radius 3 is 2.50 bits per heavy atom. The van der Waals surface area contributed by atoms with Gasteiger partial charge in [-0.05, 0) is 5.92 Å². The summed E-state index contributed by atoms with van der Waals surface area (Å²) in [5, 5.41) is 0. The van der Waals surface area contributed by atoms with E-state index in [-0.39, 0.29) is 0 Å². The van der Waals surface area contributed by atoms with Gasteiger partial charge < -0.3 is 0 Å². The standard InChI is InChI=1S/C6H14BS/c1-6(2)4-3-5-7-8/h6,8H,3-5H2,1-2H3. The molecule has 0 rings (SSSR count). The number of rotatable bonds is 4. The molecule has 1 radical (unpaired) electrons. The highest BCUT2D eigenvalue weighted by Crippen LogP contribution is 2.05. The minimum atomic E-state index is 0.850. The Labute approximate surface area is 58.6 Å². The van der Waals surface area contributed by atoms with Gasteiger partial charge in [-0.2, -0.15) is 0 Å². The smallest absolute Gasteiger partial charge is 0.187 e. The highest BCUT2D eigenvalue weighted by atomic mass is 32.1. The second-order valence-electron chi connectivity index (χ2n) is 2.51. The van der Waals surface area contributed by atoms with Gasteiger partial charge in [0, 0.05) is 0 Å². The van der Waals surface area contributed by atoms with E-state index in [1.807, 2.05) is 6.56 Å². The molecular weight excluding hydrogens is 115 g/mol. The van der Waals surface area contributed by atoms with E-state index in [1.165, 1.54) is 12.8 Å². The zero-order chi connectivity index (χ0) is 6.41. The molecule has 0 unspecified atom stereocenters. The molecule has 0 amide bonds. The Bertz CT molecular complexity index is 45.8. The van der Waals surface area contributed by atoms with E-state index < -0.39 is 0 Å². The molecule has 2 heteroatoms. The fourth-order valence-corrected chi connectivity index (χ4v) is 0.800. The summed E-state index contributed by atoms with van der Waals surface area (Å²) in [6.45, 7) is 6.43. The first kappa shape index (κ1) is 8.41. The fraction of sp³-hybridized carbons (Fsp3) is 1.00. The van der Waals surface area contributed by atoms with Crippen molar-refractivity contribution in [1.29, 1.82) is 0 Å². The molecule has 0 nitrogen and oxygen atoms in total. The van der Waals surface area contributed by atoms with Gasteiger partial charge in [-0.25, -0.2) is 12.5 Å². The van der Waals surface area contributed by atoms with Crippen molar-refractivity contribution in [2.75, 3.05) is 0 Å². The molecule has 0 bridgehead atoms. The fourth-order valence-electron chi connectivity index (χ4n) is 0.617. The van der Waals surface area contributed by atoms with Crippen molar-refractivity contribution in [1.82, 2.24) is 0 Å². The van der Waals surface area contributed by atoms with Gasteiger partial charge in [0.15, 0.2) is 6.56 Å². The van der Waals surface area contributed by atoms with Crippen LogP contribution in [0.1, 0.15) is 26.7 Å². The van der Waals surface area contributed by atoms with Crippen LogP contribution in [0.25, 0.3) is 0 Å². The summed E-state index contributed by atoms with van der Waals surface area (Å²) in [6.07, 6.45) is 3.78. The van der Waals surface area contributed by atoms with Crippen LogP contribution in [0, 0.1) is 5.92 Å². The Balaban J connectivity index is 2.72. The molecule has 0 N–H and O–H groups in total. The van der Waals surface area contributed by atoms with Crippen LogP contribution in [-0.2, 0) is 0 Å². The topological polar surface area (TPSA) is 0 Å². The van der Waals surface area contributed by atoms with Crippen LogP contribution in [-0.4, -0.2) is 6.56 Å². The average molecular weight is 129 g/mol. The Hall–Kier alpha value is 0.415. The zero-order valence-electron chi connectivity index (χ0n) is 5.72. The van der Waals surface area contributed by atoms with Crippen molar-refractivity contribution < 1.29 is 0 Å². The molecule has 0 fully saturated rings. The van der Waals surface area contributed by atoms with Crippen molar-refractivity contribution in [2.24, 2.45) is 5.92 Å². The normalized spacial score (nSPS) is 10.0. The van der Waals surface area contributed by atoms with E-state index in [1.54, 1.807) is 0 Å². The molecule has 0 heterocycles. The van der Waals surface area contributed by atoms with E-state index in [0.29, 0.717) is 0 Å². The molecule has 47 valence electrons. The summed E-state index contributed by atoms with van der Waals surface area (Å²) in [5.41, 5.74) is 0. The Morgan fingerprint density at radius 1 is 1.50 bits per heavy atom. The second-order valence-corrected chi connectivity index (χ2v) is 2.87. The molecule has 0 aliphatic carbocycles. The van der Waals surface area contributed by atoms with Gasteiger partial charge in [0.05, 0.1) is 0 Å². The lowest BCUT2D eigenvalue weighted by molar-refractivity contribution is 0.576. The van der Waals surface area contributed by atoms with Crippen molar-refractivity contribution >= 4 is 19.0 Å². The van der Waals surface area contributed by atoms with Crippen LogP contribution in [0.15, 0.2) is 0 Å². The molecule has 0 aliphatic heterocycles. The first-order valence-electron chi connectivity index (χ1n) is 3.23. The lowest BCUT2D eigenvalue weighted by atomic mass is 9.95. The van der Waals surface area contributed by atoms with Gasteiger partial charge in [0.1, 0.15) is 0 Å². The largest absolute Gasteiger partial charge is 0.235 e. The average Bonchev–Trinajstić information content (AvgIpc) is 1.66. The molecule has 0 atom stereocenters. The molecule has 0 saturated heterocycles. The van der Waals surface area contributed by atoms with E-state index in [4.69, 9.17) is 0 Å². The first-order chi connectivity index (χ1) is 3.77. The highest BCUT2D eigenvalue weighted by molar-refractivity contribution is 8.06. The van der Waals surface area contributed by atoms with Crippen LogP contribution in [0.4, 0.5) is 0 Å². The second kappa shape index (κ2) is 5.55. The van der Waals surface area contributed by atoms with E-state index in [2.05, 4.69) is 26.3 Å². The predicted molar refractivity (Wildman–Crippen MR) is 43.6 cm³/mol. The summed E-state index contributed by atoms with van der Waals surface area (Å²) < 4.78 is 0. The number of thiol groups is 1. The van der Waals surface area contributed by atoms with Crippen LogP contribution >= 0.6 is 12.5 Å². The first-order valence-corrected chi connectivity index (χ1v) is 3.75. The van der Waals surface area contributed by atoms with Crippen LogP contribution in [0.5, 0.6) is 0 Å². The van der Waals surface area contributed by atoms with E-state index >= 15 is 0 Å².